The molecule has 1 atom stereocenters. The lowest BCUT2D eigenvalue weighted by molar-refractivity contribution is -0.168. The number of aliphatic carboxylic acids is 1. The maximum atomic E-state index is 12.5. The van der Waals surface area contributed by atoms with Crippen LogP contribution in [0, 0.1) is 6.92 Å². The molecule has 1 amide bonds. The summed E-state index contributed by atoms with van der Waals surface area (Å²) in [4.78, 5) is 26.0. The van der Waals surface area contributed by atoms with Gasteiger partial charge < -0.3 is 24.2 Å². The summed E-state index contributed by atoms with van der Waals surface area (Å²) >= 11 is 0. The zero-order chi connectivity index (χ0) is 17.9. The first kappa shape index (κ1) is 17.7. The Labute approximate surface area is 146 Å². The van der Waals surface area contributed by atoms with Crippen LogP contribution in [0.3, 0.4) is 0 Å². The van der Waals surface area contributed by atoms with E-state index in [2.05, 4.69) is 0 Å². The van der Waals surface area contributed by atoms with E-state index in [0.717, 1.165) is 5.56 Å². The third kappa shape index (κ3) is 3.77. The van der Waals surface area contributed by atoms with Gasteiger partial charge in [0.05, 0.1) is 19.8 Å². The number of amides is 1. The normalized spacial score (nSPS) is 23.1. The molecule has 0 bridgehead atoms. The van der Waals surface area contributed by atoms with E-state index in [4.69, 9.17) is 14.2 Å². The second kappa shape index (κ2) is 7.41. The maximum absolute atomic E-state index is 12.5. The lowest BCUT2D eigenvalue weighted by atomic mass is 9.90. The van der Waals surface area contributed by atoms with E-state index < -0.39 is 17.7 Å². The number of benzene rings is 1. The Kier molecular flexibility index (Phi) is 5.24. The van der Waals surface area contributed by atoms with Crippen LogP contribution in [0.5, 0.6) is 5.75 Å². The minimum absolute atomic E-state index is 0.144. The van der Waals surface area contributed by atoms with Crippen LogP contribution >= 0.6 is 0 Å². The molecule has 3 rings (SSSR count). The lowest BCUT2D eigenvalue weighted by Crippen LogP contribution is -2.56. The molecule has 0 radical (unpaired) electrons. The molecule has 7 nitrogen and oxygen atoms in total. The number of carboxylic acid groups (broad SMARTS) is 1. The van der Waals surface area contributed by atoms with Crippen molar-refractivity contribution in [1.82, 2.24) is 4.90 Å². The molecule has 1 unspecified atom stereocenters. The molecule has 2 saturated heterocycles. The molecule has 0 aromatic heterocycles. The van der Waals surface area contributed by atoms with Gasteiger partial charge in [0.15, 0.2) is 6.10 Å². The van der Waals surface area contributed by atoms with Gasteiger partial charge in [0.2, 0.25) is 5.60 Å². The van der Waals surface area contributed by atoms with Crippen LogP contribution in [0.4, 0.5) is 0 Å². The maximum Gasteiger partial charge on any atom is 0.348 e. The van der Waals surface area contributed by atoms with E-state index in [9.17, 15) is 14.7 Å². The summed E-state index contributed by atoms with van der Waals surface area (Å²) in [5.41, 5.74) is -0.429. The number of carbonyl (C=O) groups is 2. The van der Waals surface area contributed by atoms with Crippen molar-refractivity contribution in [2.75, 3.05) is 32.9 Å². The molecule has 2 heterocycles. The Morgan fingerprint density at radius 1 is 1.24 bits per heavy atom. The average Bonchev–Trinajstić information content (AvgIpc) is 2.64. The highest BCUT2D eigenvalue weighted by Gasteiger charge is 2.46. The first-order valence-electron chi connectivity index (χ1n) is 8.48. The van der Waals surface area contributed by atoms with E-state index >= 15 is 0 Å². The summed E-state index contributed by atoms with van der Waals surface area (Å²) < 4.78 is 16.6. The number of nitrogens with zero attached hydrogens (tertiary/aromatic N) is 1. The monoisotopic (exact) mass is 349 g/mol. The van der Waals surface area contributed by atoms with Gasteiger partial charge in [0, 0.05) is 25.9 Å². The van der Waals surface area contributed by atoms with Gasteiger partial charge >= 0.3 is 5.97 Å². The molecule has 1 aromatic rings. The number of ether oxygens (including phenoxy) is 3. The Morgan fingerprint density at radius 2 is 1.96 bits per heavy atom. The van der Waals surface area contributed by atoms with Gasteiger partial charge in [0.1, 0.15) is 5.75 Å². The summed E-state index contributed by atoms with van der Waals surface area (Å²) in [5.74, 6) is -0.580. The van der Waals surface area contributed by atoms with Gasteiger partial charge in [-0.15, -0.1) is 0 Å². The van der Waals surface area contributed by atoms with E-state index in [1.807, 2.05) is 25.1 Å². The number of hydrogen-bond acceptors (Lipinski definition) is 5. The molecule has 7 heteroatoms. The van der Waals surface area contributed by atoms with Gasteiger partial charge in [-0.2, -0.15) is 0 Å². The van der Waals surface area contributed by atoms with E-state index in [0.29, 0.717) is 32.1 Å². The highest BCUT2D eigenvalue weighted by molar-refractivity contribution is 5.82. The third-order valence-electron chi connectivity index (χ3n) is 4.76. The van der Waals surface area contributed by atoms with Crippen molar-refractivity contribution in [3.8, 4) is 5.75 Å². The molecule has 1 N–H and O–H groups in total. The van der Waals surface area contributed by atoms with Gasteiger partial charge in [-0.1, -0.05) is 18.2 Å². The minimum Gasteiger partial charge on any atom is -0.478 e. The molecule has 1 aromatic carbocycles. The molecule has 2 fully saturated rings. The second-order valence-corrected chi connectivity index (χ2v) is 6.43. The average molecular weight is 349 g/mol. The van der Waals surface area contributed by atoms with E-state index in [-0.39, 0.29) is 25.4 Å². The minimum atomic E-state index is -1.31. The van der Waals surface area contributed by atoms with Crippen LogP contribution in [0.2, 0.25) is 0 Å². The van der Waals surface area contributed by atoms with E-state index in [1.54, 1.807) is 11.0 Å². The number of carbonyl (C=O) groups excluding carboxylic acids is 1. The molecular formula is C18H23NO6. The molecule has 136 valence electrons. The van der Waals surface area contributed by atoms with Crippen LogP contribution in [-0.2, 0) is 19.1 Å². The number of rotatable bonds is 4. The summed E-state index contributed by atoms with van der Waals surface area (Å²) in [5, 5.41) is 9.74. The van der Waals surface area contributed by atoms with Crippen molar-refractivity contribution in [2.45, 2.75) is 31.5 Å². The van der Waals surface area contributed by atoms with E-state index in [1.165, 1.54) is 0 Å². The second-order valence-electron chi connectivity index (χ2n) is 6.43. The predicted octanol–water partition coefficient (Wildman–Crippen LogP) is 1.24. The van der Waals surface area contributed by atoms with Crippen LogP contribution < -0.4 is 4.74 Å². The fraction of sp³-hybridized carbons (Fsp3) is 0.556. The Hall–Kier alpha value is -2.12. The molecule has 0 saturated carbocycles. The number of likely N-dealkylation sites (tertiary alicyclic amines) is 1. The molecule has 0 spiro atoms. The van der Waals surface area contributed by atoms with Crippen molar-refractivity contribution in [3.05, 3.63) is 29.8 Å². The van der Waals surface area contributed by atoms with Crippen molar-refractivity contribution >= 4 is 11.9 Å². The van der Waals surface area contributed by atoms with Crippen molar-refractivity contribution < 1.29 is 28.9 Å². The zero-order valence-corrected chi connectivity index (χ0v) is 14.3. The smallest absolute Gasteiger partial charge is 0.348 e. The molecule has 25 heavy (non-hydrogen) atoms. The first-order chi connectivity index (χ1) is 12.0. The highest BCUT2D eigenvalue weighted by atomic mass is 16.6. The summed E-state index contributed by atoms with van der Waals surface area (Å²) in [7, 11) is 0. The molecular weight excluding hydrogens is 326 g/mol. The number of para-hydroxylation sites is 1. The summed E-state index contributed by atoms with van der Waals surface area (Å²) in [6.07, 6.45) is -0.130. The quantitative estimate of drug-likeness (QED) is 0.880. The van der Waals surface area contributed by atoms with Crippen LogP contribution in [0.15, 0.2) is 24.3 Å². The van der Waals surface area contributed by atoms with Gasteiger partial charge in [-0.25, -0.2) is 4.79 Å². The highest BCUT2D eigenvalue weighted by Crippen LogP contribution is 2.31. The predicted molar refractivity (Wildman–Crippen MR) is 88.5 cm³/mol. The summed E-state index contributed by atoms with van der Waals surface area (Å²) in [6, 6.07) is 7.34. The van der Waals surface area contributed by atoms with Crippen LogP contribution in [-0.4, -0.2) is 66.5 Å². The van der Waals surface area contributed by atoms with Crippen molar-refractivity contribution in [3.63, 3.8) is 0 Å². The third-order valence-corrected chi connectivity index (χ3v) is 4.76. The molecule has 2 aliphatic rings. The fourth-order valence-electron chi connectivity index (χ4n) is 3.16. The van der Waals surface area contributed by atoms with Crippen molar-refractivity contribution in [1.29, 1.82) is 0 Å². The van der Waals surface area contributed by atoms with Crippen LogP contribution in [0.25, 0.3) is 0 Å². The van der Waals surface area contributed by atoms with Gasteiger partial charge in [-0.3, -0.25) is 4.79 Å². The Bertz CT molecular complexity index is 632. The lowest BCUT2D eigenvalue weighted by Gasteiger charge is -2.40. The first-order valence-corrected chi connectivity index (χ1v) is 8.48. The fourth-order valence-corrected chi connectivity index (χ4v) is 3.16. The topological polar surface area (TPSA) is 85.3 Å². The SMILES string of the molecule is Cc1ccccc1OC1(C(=O)O)CCN(C(=O)C2COCCO2)CC1. The Balaban J connectivity index is 1.67. The van der Waals surface area contributed by atoms with Crippen molar-refractivity contribution in [2.24, 2.45) is 0 Å². The summed E-state index contributed by atoms with van der Waals surface area (Å²) in [6.45, 7) is 3.66. The molecule has 2 aliphatic heterocycles. The zero-order valence-electron chi connectivity index (χ0n) is 14.3. The standard InChI is InChI=1S/C18H23NO6/c1-13-4-2-3-5-14(13)25-18(17(21)22)6-8-19(9-7-18)16(20)15-12-23-10-11-24-15/h2-5,15H,6-12H2,1H3,(H,21,22). The van der Waals surface area contributed by atoms with Gasteiger partial charge in [-0.05, 0) is 18.6 Å². The largest absolute Gasteiger partial charge is 0.478 e. The Morgan fingerprint density at radius 3 is 2.56 bits per heavy atom. The number of hydrogen-bond donors (Lipinski definition) is 1. The van der Waals surface area contributed by atoms with Crippen LogP contribution in [0.1, 0.15) is 18.4 Å². The number of carboxylic acids is 1. The molecule has 0 aliphatic carbocycles. The van der Waals surface area contributed by atoms with Gasteiger partial charge in [0.25, 0.3) is 5.91 Å². The number of aryl methyl sites for hydroxylation is 1. The number of piperidine rings is 1.